The maximum absolute atomic E-state index is 6.23. The van der Waals surface area contributed by atoms with E-state index in [9.17, 15) is 0 Å². The van der Waals surface area contributed by atoms with E-state index in [1.807, 2.05) is 25.1 Å². The fraction of sp³-hybridized carbons (Fsp3) is 0.364. The minimum atomic E-state index is 0.475. The molecule has 0 spiro atoms. The zero-order chi connectivity index (χ0) is 19.7. The van der Waals surface area contributed by atoms with Crippen LogP contribution in [0.3, 0.4) is 0 Å². The summed E-state index contributed by atoms with van der Waals surface area (Å²) in [5, 5.41) is 12.8. The standard InChI is InChI=1S/C22H25ClN4O/c1-14-10-17(12-19(11-14)24-18-6-8-27(3)9-7-18)22-26-25-21(28-22)16-5-4-15(2)20(23)13-16/h4-5,10-13,18,24H,6-9H2,1-3H3. The summed E-state index contributed by atoms with van der Waals surface area (Å²) in [5.74, 6) is 0.991. The maximum atomic E-state index is 6.23. The highest BCUT2D eigenvalue weighted by Crippen LogP contribution is 2.29. The number of nitrogens with one attached hydrogen (secondary N) is 1. The first-order valence-electron chi connectivity index (χ1n) is 9.65. The molecule has 0 bridgehead atoms. The van der Waals surface area contributed by atoms with E-state index in [4.69, 9.17) is 16.0 Å². The monoisotopic (exact) mass is 396 g/mol. The second-order valence-electron chi connectivity index (χ2n) is 7.69. The number of nitrogens with zero attached hydrogens (tertiary/aromatic N) is 3. The molecule has 1 aliphatic rings. The molecule has 1 saturated heterocycles. The van der Waals surface area contributed by atoms with Gasteiger partial charge in [-0.3, -0.25) is 0 Å². The first-order chi connectivity index (χ1) is 13.5. The number of aryl methyl sites for hydroxylation is 2. The Bertz CT molecular complexity index is 976. The molecule has 5 nitrogen and oxygen atoms in total. The van der Waals surface area contributed by atoms with Crippen LogP contribution in [-0.2, 0) is 0 Å². The van der Waals surface area contributed by atoms with Crippen LogP contribution in [0.15, 0.2) is 40.8 Å². The predicted molar refractivity (Wildman–Crippen MR) is 114 cm³/mol. The lowest BCUT2D eigenvalue weighted by Crippen LogP contribution is -2.36. The van der Waals surface area contributed by atoms with Crippen LogP contribution in [0, 0.1) is 13.8 Å². The van der Waals surface area contributed by atoms with Gasteiger partial charge in [0.25, 0.3) is 0 Å². The van der Waals surface area contributed by atoms with Crippen molar-refractivity contribution < 1.29 is 4.42 Å². The predicted octanol–water partition coefficient (Wildman–Crippen LogP) is 5.18. The van der Waals surface area contributed by atoms with Crippen LogP contribution in [0.25, 0.3) is 22.9 Å². The van der Waals surface area contributed by atoms with E-state index in [-0.39, 0.29) is 0 Å². The van der Waals surface area contributed by atoms with E-state index >= 15 is 0 Å². The second kappa shape index (κ2) is 7.94. The first kappa shape index (κ1) is 19.0. The van der Waals surface area contributed by atoms with Crippen LogP contribution in [0.5, 0.6) is 0 Å². The number of rotatable bonds is 4. The smallest absolute Gasteiger partial charge is 0.248 e. The number of aromatic nitrogens is 2. The molecular weight excluding hydrogens is 372 g/mol. The summed E-state index contributed by atoms with van der Waals surface area (Å²) in [7, 11) is 2.18. The second-order valence-corrected chi connectivity index (χ2v) is 8.09. The summed E-state index contributed by atoms with van der Waals surface area (Å²) in [4.78, 5) is 2.37. The third-order valence-corrected chi connectivity index (χ3v) is 5.66. The fourth-order valence-electron chi connectivity index (χ4n) is 3.56. The molecule has 3 aromatic rings. The SMILES string of the molecule is Cc1cc(NC2CCN(C)CC2)cc(-c2nnc(-c3ccc(C)c(Cl)c3)o2)c1. The van der Waals surface area contributed by atoms with Gasteiger partial charge in [-0.05, 0) is 88.3 Å². The van der Waals surface area contributed by atoms with Gasteiger partial charge in [-0.25, -0.2) is 0 Å². The molecule has 2 aromatic carbocycles. The molecule has 1 aliphatic heterocycles. The van der Waals surface area contributed by atoms with Crippen molar-refractivity contribution in [3.63, 3.8) is 0 Å². The molecule has 6 heteroatoms. The van der Waals surface area contributed by atoms with Gasteiger partial charge < -0.3 is 14.6 Å². The third kappa shape index (κ3) is 4.21. The van der Waals surface area contributed by atoms with Crippen molar-refractivity contribution in [1.29, 1.82) is 0 Å². The Morgan fingerprint density at radius 1 is 1.00 bits per heavy atom. The fourth-order valence-corrected chi connectivity index (χ4v) is 3.74. The van der Waals surface area contributed by atoms with Crippen LogP contribution < -0.4 is 5.32 Å². The zero-order valence-corrected chi connectivity index (χ0v) is 17.3. The number of hydrogen-bond donors (Lipinski definition) is 1. The first-order valence-corrected chi connectivity index (χ1v) is 10.0. The normalized spacial score (nSPS) is 15.7. The Hall–Kier alpha value is -2.37. The lowest BCUT2D eigenvalue weighted by molar-refractivity contribution is 0.264. The van der Waals surface area contributed by atoms with E-state index in [2.05, 4.69) is 52.6 Å². The molecular formula is C22H25ClN4O. The number of benzene rings is 2. The van der Waals surface area contributed by atoms with Gasteiger partial charge in [-0.15, -0.1) is 10.2 Å². The van der Waals surface area contributed by atoms with Crippen molar-refractivity contribution in [2.75, 3.05) is 25.5 Å². The molecule has 0 saturated carbocycles. The topological polar surface area (TPSA) is 54.2 Å². The Morgan fingerprint density at radius 2 is 1.71 bits per heavy atom. The molecule has 146 valence electrons. The molecule has 2 heterocycles. The Balaban J connectivity index is 1.56. The molecule has 0 unspecified atom stereocenters. The summed E-state index contributed by atoms with van der Waals surface area (Å²) in [6.07, 6.45) is 2.30. The number of likely N-dealkylation sites (tertiary alicyclic amines) is 1. The number of piperidine rings is 1. The highest BCUT2D eigenvalue weighted by atomic mass is 35.5. The molecule has 0 radical (unpaired) electrons. The zero-order valence-electron chi connectivity index (χ0n) is 16.5. The largest absolute Gasteiger partial charge is 0.416 e. The quantitative estimate of drug-likeness (QED) is 0.658. The van der Waals surface area contributed by atoms with Crippen molar-refractivity contribution in [2.45, 2.75) is 32.7 Å². The minimum absolute atomic E-state index is 0.475. The molecule has 1 aromatic heterocycles. The highest BCUT2D eigenvalue weighted by Gasteiger charge is 2.17. The van der Waals surface area contributed by atoms with Crippen LogP contribution in [-0.4, -0.2) is 41.3 Å². The average molecular weight is 397 g/mol. The average Bonchev–Trinajstić information content (AvgIpc) is 3.16. The van der Waals surface area contributed by atoms with Gasteiger partial charge in [0.2, 0.25) is 11.8 Å². The molecule has 0 atom stereocenters. The van der Waals surface area contributed by atoms with Gasteiger partial charge in [-0.2, -0.15) is 0 Å². The van der Waals surface area contributed by atoms with Crippen molar-refractivity contribution in [1.82, 2.24) is 15.1 Å². The Labute approximate surface area is 170 Å². The van der Waals surface area contributed by atoms with Gasteiger partial charge in [0.1, 0.15) is 0 Å². The summed E-state index contributed by atoms with van der Waals surface area (Å²) < 4.78 is 5.95. The van der Waals surface area contributed by atoms with E-state index < -0.39 is 0 Å². The minimum Gasteiger partial charge on any atom is -0.416 e. The van der Waals surface area contributed by atoms with Gasteiger partial charge in [-0.1, -0.05) is 17.7 Å². The molecule has 0 aliphatic carbocycles. The maximum Gasteiger partial charge on any atom is 0.248 e. The number of anilines is 1. The van der Waals surface area contributed by atoms with Gasteiger partial charge >= 0.3 is 0 Å². The van der Waals surface area contributed by atoms with Crippen LogP contribution in [0.4, 0.5) is 5.69 Å². The van der Waals surface area contributed by atoms with Crippen LogP contribution in [0.1, 0.15) is 24.0 Å². The summed E-state index contributed by atoms with van der Waals surface area (Å²) in [6, 6.07) is 12.6. The van der Waals surface area contributed by atoms with Gasteiger partial charge in [0.15, 0.2) is 0 Å². The summed E-state index contributed by atoms with van der Waals surface area (Å²) in [6.45, 7) is 6.31. The molecule has 4 rings (SSSR count). The molecule has 0 amide bonds. The lowest BCUT2D eigenvalue weighted by atomic mass is 10.0. The lowest BCUT2D eigenvalue weighted by Gasteiger charge is -2.30. The van der Waals surface area contributed by atoms with Crippen molar-refractivity contribution in [3.8, 4) is 22.9 Å². The molecule has 1 N–H and O–H groups in total. The summed E-state index contributed by atoms with van der Waals surface area (Å²) >= 11 is 6.23. The number of halogens is 1. The highest BCUT2D eigenvalue weighted by molar-refractivity contribution is 6.31. The van der Waals surface area contributed by atoms with Crippen molar-refractivity contribution >= 4 is 17.3 Å². The van der Waals surface area contributed by atoms with Crippen molar-refractivity contribution in [3.05, 3.63) is 52.5 Å². The van der Waals surface area contributed by atoms with Crippen LogP contribution in [0.2, 0.25) is 5.02 Å². The van der Waals surface area contributed by atoms with E-state index in [1.54, 1.807) is 0 Å². The van der Waals surface area contributed by atoms with Gasteiger partial charge in [0.05, 0.1) is 0 Å². The van der Waals surface area contributed by atoms with E-state index in [0.717, 1.165) is 53.9 Å². The Morgan fingerprint density at radius 3 is 2.43 bits per heavy atom. The number of hydrogen-bond acceptors (Lipinski definition) is 5. The molecule has 28 heavy (non-hydrogen) atoms. The third-order valence-electron chi connectivity index (χ3n) is 5.26. The van der Waals surface area contributed by atoms with E-state index in [1.165, 1.54) is 0 Å². The van der Waals surface area contributed by atoms with Crippen LogP contribution >= 0.6 is 11.6 Å². The van der Waals surface area contributed by atoms with Crippen molar-refractivity contribution in [2.24, 2.45) is 0 Å². The Kier molecular flexibility index (Phi) is 5.38. The van der Waals surface area contributed by atoms with Gasteiger partial charge in [0, 0.05) is 27.9 Å². The molecule has 1 fully saturated rings. The van der Waals surface area contributed by atoms with E-state index in [0.29, 0.717) is 22.8 Å². The summed E-state index contributed by atoms with van der Waals surface area (Å²) in [5.41, 5.74) is 5.03.